The van der Waals surface area contributed by atoms with Gasteiger partial charge in [0, 0.05) is 32.1 Å². The number of hydrogen-bond acceptors (Lipinski definition) is 5. The van der Waals surface area contributed by atoms with Gasteiger partial charge >= 0.3 is 0 Å². The second-order valence-corrected chi connectivity index (χ2v) is 8.20. The van der Waals surface area contributed by atoms with E-state index >= 15 is 0 Å². The minimum Gasteiger partial charge on any atom is -0.465 e. The van der Waals surface area contributed by atoms with Crippen LogP contribution in [0.4, 0.5) is 4.39 Å². The number of carbonyl (C=O) groups is 1. The van der Waals surface area contributed by atoms with E-state index in [0.29, 0.717) is 18.3 Å². The third-order valence-corrected chi connectivity index (χ3v) is 6.10. The highest BCUT2D eigenvalue weighted by atomic mass is 19.1. The normalized spacial score (nSPS) is 20.7. The van der Waals surface area contributed by atoms with Crippen molar-refractivity contribution in [3.63, 3.8) is 0 Å². The first-order valence-corrected chi connectivity index (χ1v) is 10.3. The van der Waals surface area contributed by atoms with E-state index in [1.807, 2.05) is 23.6 Å². The Balaban J connectivity index is 1.26. The van der Waals surface area contributed by atoms with Crippen LogP contribution in [-0.4, -0.2) is 38.7 Å². The first kappa shape index (κ1) is 19.0. The van der Waals surface area contributed by atoms with E-state index in [4.69, 9.17) is 4.42 Å². The van der Waals surface area contributed by atoms with Crippen LogP contribution in [0.5, 0.6) is 0 Å². The van der Waals surface area contributed by atoms with Crippen molar-refractivity contribution in [2.75, 3.05) is 13.1 Å². The molecule has 0 bridgehead atoms. The molecule has 0 saturated carbocycles. The number of aromatic nitrogens is 3. The van der Waals surface area contributed by atoms with Crippen LogP contribution in [0.2, 0.25) is 0 Å². The number of rotatable bonds is 5. The van der Waals surface area contributed by atoms with Gasteiger partial charge in [0.25, 0.3) is 5.91 Å². The van der Waals surface area contributed by atoms with E-state index in [0.717, 1.165) is 55.5 Å². The minimum atomic E-state index is -0.293. The van der Waals surface area contributed by atoms with E-state index in [1.54, 1.807) is 12.1 Å². The molecule has 2 aromatic heterocycles. The number of amides is 1. The Morgan fingerprint density at radius 3 is 2.80 bits per heavy atom. The zero-order valence-electron chi connectivity index (χ0n) is 16.8. The van der Waals surface area contributed by atoms with E-state index in [9.17, 15) is 9.18 Å². The average Bonchev–Trinajstić information content (AvgIpc) is 3.44. The number of halogens is 1. The largest absolute Gasteiger partial charge is 0.465 e. The lowest BCUT2D eigenvalue weighted by Gasteiger charge is -2.25. The zero-order valence-corrected chi connectivity index (χ0v) is 16.8. The number of furan rings is 1. The highest BCUT2D eigenvalue weighted by Gasteiger charge is 2.40. The maximum Gasteiger partial charge on any atom is 0.289 e. The van der Waals surface area contributed by atoms with Gasteiger partial charge in [-0.05, 0) is 49.1 Å². The topological polar surface area (TPSA) is 76.2 Å². The molecule has 4 heterocycles. The Bertz CT molecular complexity index is 1060. The third-order valence-electron chi connectivity index (χ3n) is 6.10. The van der Waals surface area contributed by atoms with E-state index in [-0.39, 0.29) is 17.6 Å². The molecule has 156 valence electrons. The fraction of sp³-hybridized carbons (Fsp3) is 0.409. The summed E-state index contributed by atoms with van der Waals surface area (Å²) >= 11 is 0. The van der Waals surface area contributed by atoms with Gasteiger partial charge < -0.3 is 14.3 Å². The van der Waals surface area contributed by atoms with Crippen molar-refractivity contribution in [2.45, 2.75) is 38.9 Å². The van der Waals surface area contributed by atoms with E-state index < -0.39 is 0 Å². The third kappa shape index (κ3) is 3.63. The van der Waals surface area contributed by atoms with Gasteiger partial charge in [0.2, 0.25) is 5.82 Å². The molecule has 1 amide bonds. The summed E-state index contributed by atoms with van der Waals surface area (Å²) in [5.74, 6) is 3.42. The van der Waals surface area contributed by atoms with Crippen molar-refractivity contribution in [3.8, 4) is 0 Å². The summed E-state index contributed by atoms with van der Waals surface area (Å²) in [6.07, 6.45) is 1.00. The monoisotopic (exact) mass is 409 g/mol. The van der Waals surface area contributed by atoms with Crippen molar-refractivity contribution < 1.29 is 13.6 Å². The first-order valence-electron chi connectivity index (χ1n) is 10.3. The number of fused-ring (bicyclic) bond motifs is 3. The quantitative estimate of drug-likeness (QED) is 0.701. The maximum absolute atomic E-state index is 13.0. The summed E-state index contributed by atoms with van der Waals surface area (Å²) < 4.78 is 20.7. The molecule has 3 aromatic rings. The summed E-state index contributed by atoms with van der Waals surface area (Å²) in [6, 6.07) is 10.1. The zero-order chi connectivity index (χ0) is 20.7. The highest BCUT2D eigenvalue weighted by molar-refractivity contribution is 5.90. The fourth-order valence-electron chi connectivity index (χ4n) is 4.60. The number of carbonyl (C=O) groups excluding carboxylic acids is 1. The lowest BCUT2D eigenvalue weighted by atomic mass is 9.89. The second kappa shape index (κ2) is 7.68. The molecule has 1 fully saturated rings. The number of aryl methyl sites for hydroxylation is 1. The second-order valence-electron chi connectivity index (χ2n) is 8.20. The van der Waals surface area contributed by atoms with Crippen molar-refractivity contribution in [2.24, 2.45) is 5.92 Å². The van der Waals surface area contributed by atoms with Crippen LogP contribution in [0, 0.1) is 18.7 Å². The molecule has 1 aromatic carbocycles. The van der Waals surface area contributed by atoms with Crippen LogP contribution in [0.25, 0.3) is 0 Å². The predicted molar refractivity (Wildman–Crippen MR) is 107 cm³/mol. The van der Waals surface area contributed by atoms with Crippen LogP contribution in [0.3, 0.4) is 0 Å². The molecule has 30 heavy (non-hydrogen) atoms. The highest BCUT2D eigenvalue weighted by Crippen LogP contribution is 2.38. The minimum absolute atomic E-state index is 0.252. The predicted octanol–water partition coefficient (Wildman–Crippen LogP) is 2.87. The van der Waals surface area contributed by atoms with Crippen molar-refractivity contribution in [3.05, 3.63) is 70.9 Å². The molecule has 0 spiro atoms. The van der Waals surface area contributed by atoms with Gasteiger partial charge in [0.1, 0.15) is 23.2 Å². The SMILES string of the molecule is Cc1ccc(CN2C[C@@H]3CCn4c(C(=O)NCc5ccc(F)cc5)nnc4[C@H]3C2)o1. The molecule has 1 saturated heterocycles. The smallest absolute Gasteiger partial charge is 0.289 e. The number of likely N-dealkylation sites (tertiary alicyclic amines) is 1. The lowest BCUT2D eigenvalue weighted by molar-refractivity contribution is 0.0933. The summed E-state index contributed by atoms with van der Waals surface area (Å²) in [5.41, 5.74) is 0.836. The lowest BCUT2D eigenvalue weighted by Crippen LogP contribution is -2.30. The van der Waals surface area contributed by atoms with Gasteiger partial charge in [-0.25, -0.2) is 4.39 Å². The fourth-order valence-corrected chi connectivity index (χ4v) is 4.60. The Morgan fingerprint density at radius 1 is 1.20 bits per heavy atom. The molecular weight excluding hydrogens is 385 g/mol. The van der Waals surface area contributed by atoms with Crippen LogP contribution >= 0.6 is 0 Å². The summed E-state index contributed by atoms with van der Waals surface area (Å²) in [6.45, 7) is 5.71. The van der Waals surface area contributed by atoms with Gasteiger partial charge in [-0.2, -0.15) is 0 Å². The molecule has 2 aliphatic heterocycles. The molecule has 0 aliphatic carbocycles. The summed E-state index contributed by atoms with van der Waals surface area (Å²) in [5, 5.41) is 11.5. The number of nitrogens with zero attached hydrogens (tertiary/aromatic N) is 4. The molecule has 2 atom stereocenters. The summed E-state index contributed by atoms with van der Waals surface area (Å²) in [7, 11) is 0. The van der Waals surface area contributed by atoms with Crippen LogP contribution in [0.1, 0.15) is 45.9 Å². The van der Waals surface area contributed by atoms with Crippen LogP contribution < -0.4 is 5.32 Å². The Labute approximate surface area is 173 Å². The Morgan fingerprint density at radius 2 is 2.03 bits per heavy atom. The Hall–Kier alpha value is -3.00. The van der Waals surface area contributed by atoms with E-state index in [1.165, 1.54) is 12.1 Å². The molecular formula is C22H24FN5O2. The standard InChI is InChI=1S/C22H24FN5O2/c1-14-2-7-18(30-14)12-27-11-16-8-9-28-20(19(16)13-27)25-26-21(28)22(29)24-10-15-3-5-17(23)6-4-15/h2-7,16,19H,8-13H2,1H3,(H,24,29)/t16-,19-/m0/s1. The van der Waals surface area contributed by atoms with Gasteiger partial charge in [0.05, 0.1) is 6.54 Å². The van der Waals surface area contributed by atoms with Crippen LogP contribution in [0.15, 0.2) is 40.8 Å². The number of hydrogen-bond donors (Lipinski definition) is 1. The van der Waals surface area contributed by atoms with Gasteiger partial charge in [-0.1, -0.05) is 12.1 Å². The molecule has 1 N–H and O–H groups in total. The number of benzene rings is 1. The molecule has 7 nitrogen and oxygen atoms in total. The first-order chi connectivity index (χ1) is 14.6. The van der Waals surface area contributed by atoms with E-state index in [2.05, 4.69) is 20.4 Å². The molecule has 8 heteroatoms. The summed E-state index contributed by atoms with van der Waals surface area (Å²) in [4.78, 5) is 15.1. The molecule has 2 aliphatic rings. The number of nitrogens with one attached hydrogen (secondary N) is 1. The van der Waals surface area contributed by atoms with Crippen molar-refractivity contribution in [1.29, 1.82) is 0 Å². The molecule has 0 unspecified atom stereocenters. The maximum atomic E-state index is 13.0. The average molecular weight is 409 g/mol. The van der Waals surface area contributed by atoms with Crippen LogP contribution in [-0.2, 0) is 19.6 Å². The van der Waals surface area contributed by atoms with Gasteiger partial charge in [-0.3, -0.25) is 9.69 Å². The van der Waals surface area contributed by atoms with Crippen molar-refractivity contribution >= 4 is 5.91 Å². The molecule has 5 rings (SSSR count). The Kier molecular flexibility index (Phi) is 4.86. The van der Waals surface area contributed by atoms with Gasteiger partial charge in [-0.15, -0.1) is 10.2 Å². The van der Waals surface area contributed by atoms with Gasteiger partial charge in [0.15, 0.2) is 0 Å². The molecule has 0 radical (unpaired) electrons. The van der Waals surface area contributed by atoms with Crippen molar-refractivity contribution in [1.82, 2.24) is 25.0 Å².